The van der Waals surface area contributed by atoms with E-state index in [0.29, 0.717) is 26.1 Å². The molecule has 2 N–H and O–H groups in total. The summed E-state index contributed by atoms with van der Waals surface area (Å²) in [5.41, 5.74) is 0.0179. The van der Waals surface area contributed by atoms with Crippen LogP contribution in [-0.2, 0) is 20.2 Å². The van der Waals surface area contributed by atoms with Crippen molar-refractivity contribution in [3.05, 3.63) is 65.2 Å². The Balaban J connectivity index is 1.84. The van der Waals surface area contributed by atoms with Crippen LogP contribution in [0.15, 0.2) is 47.4 Å². The van der Waals surface area contributed by atoms with Crippen molar-refractivity contribution in [3.8, 4) is 0 Å². The topological polar surface area (TPSA) is 84.5 Å². The molecule has 1 saturated heterocycles. The van der Waals surface area contributed by atoms with E-state index in [4.69, 9.17) is 4.74 Å². The highest BCUT2D eigenvalue weighted by molar-refractivity contribution is 7.89. The maximum absolute atomic E-state index is 14.2. The number of carbonyl (C=O) groups is 1. The molecule has 1 aliphatic heterocycles. The van der Waals surface area contributed by atoms with Crippen LogP contribution in [0.4, 0.5) is 8.78 Å². The van der Waals surface area contributed by atoms with Gasteiger partial charge in [-0.25, -0.2) is 21.9 Å². The van der Waals surface area contributed by atoms with E-state index >= 15 is 0 Å². The SMILES string of the molecule is CNS(=O)(=O)c1ccc(F)c(C(=O)NCC2(c3ccc(F)cc3)CCOCC2)c1. The second-order valence-corrected chi connectivity index (χ2v) is 8.82. The first-order valence-electron chi connectivity index (χ1n) is 9.12. The third-order valence-corrected chi connectivity index (χ3v) is 6.67. The number of carbonyl (C=O) groups excluding carboxylic acids is 1. The van der Waals surface area contributed by atoms with Gasteiger partial charge in [-0.15, -0.1) is 0 Å². The van der Waals surface area contributed by atoms with E-state index in [-0.39, 0.29) is 22.8 Å². The summed E-state index contributed by atoms with van der Waals surface area (Å²) in [6.45, 7) is 1.15. The fraction of sp³-hybridized carbons (Fsp3) is 0.350. The molecule has 1 fully saturated rings. The van der Waals surface area contributed by atoms with E-state index in [1.54, 1.807) is 12.1 Å². The zero-order valence-corrected chi connectivity index (χ0v) is 16.7. The van der Waals surface area contributed by atoms with Crippen LogP contribution >= 0.6 is 0 Å². The highest BCUT2D eigenvalue weighted by atomic mass is 32.2. The molecule has 1 amide bonds. The Bertz CT molecular complexity index is 988. The predicted octanol–water partition coefficient (Wildman–Crippen LogP) is 2.35. The molecule has 0 radical (unpaired) electrons. The molecule has 1 heterocycles. The van der Waals surface area contributed by atoms with E-state index in [1.165, 1.54) is 19.2 Å². The van der Waals surface area contributed by atoms with Crippen molar-refractivity contribution in [1.82, 2.24) is 10.0 Å². The quantitative estimate of drug-likeness (QED) is 0.746. The van der Waals surface area contributed by atoms with Gasteiger partial charge in [0.15, 0.2) is 0 Å². The number of nitrogens with one attached hydrogen (secondary N) is 2. The number of ether oxygens (including phenoxy) is 1. The lowest BCUT2D eigenvalue weighted by Crippen LogP contribution is -2.44. The number of hydrogen-bond donors (Lipinski definition) is 2. The summed E-state index contributed by atoms with van der Waals surface area (Å²) < 4.78 is 59.0. The lowest BCUT2D eigenvalue weighted by molar-refractivity contribution is 0.0486. The Morgan fingerprint density at radius 3 is 2.38 bits per heavy atom. The van der Waals surface area contributed by atoms with Gasteiger partial charge in [0.1, 0.15) is 11.6 Å². The summed E-state index contributed by atoms with van der Waals surface area (Å²) in [7, 11) is -2.58. The molecule has 0 aliphatic carbocycles. The molecular weight excluding hydrogens is 402 g/mol. The maximum atomic E-state index is 14.2. The highest BCUT2D eigenvalue weighted by Gasteiger charge is 2.35. The molecule has 0 atom stereocenters. The zero-order valence-electron chi connectivity index (χ0n) is 15.9. The monoisotopic (exact) mass is 424 g/mol. The van der Waals surface area contributed by atoms with Crippen LogP contribution in [0.5, 0.6) is 0 Å². The van der Waals surface area contributed by atoms with Crippen molar-refractivity contribution in [1.29, 1.82) is 0 Å². The molecule has 0 saturated carbocycles. The Kier molecular flexibility index (Phi) is 6.30. The number of benzene rings is 2. The normalized spacial score (nSPS) is 16.4. The molecule has 2 aromatic rings. The summed E-state index contributed by atoms with van der Waals surface area (Å²) in [6.07, 6.45) is 1.21. The van der Waals surface area contributed by atoms with Crippen LogP contribution in [0, 0.1) is 11.6 Å². The average Bonchev–Trinajstić information content (AvgIpc) is 2.73. The lowest BCUT2D eigenvalue weighted by atomic mass is 9.74. The molecule has 0 bridgehead atoms. The third-order valence-electron chi connectivity index (χ3n) is 5.26. The largest absolute Gasteiger partial charge is 0.381 e. The minimum atomic E-state index is -3.81. The Morgan fingerprint density at radius 1 is 1.10 bits per heavy atom. The number of halogens is 2. The third kappa shape index (κ3) is 4.63. The van der Waals surface area contributed by atoms with E-state index in [2.05, 4.69) is 10.0 Å². The number of sulfonamides is 1. The van der Waals surface area contributed by atoms with Gasteiger partial charge in [-0.05, 0) is 55.8 Å². The fourth-order valence-corrected chi connectivity index (χ4v) is 4.20. The van der Waals surface area contributed by atoms with Gasteiger partial charge in [0.05, 0.1) is 10.5 Å². The molecule has 2 aromatic carbocycles. The number of rotatable bonds is 6. The minimum Gasteiger partial charge on any atom is -0.381 e. The van der Waals surface area contributed by atoms with Gasteiger partial charge < -0.3 is 10.1 Å². The van der Waals surface area contributed by atoms with Crippen LogP contribution in [-0.4, -0.2) is 41.1 Å². The summed E-state index contributed by atoms with van der Waals surface area (Å²) in [6, 6.07) is 9.12. The molecular formula is C20H22F2N2O4S. The molecule has 9 heteroatoms. The second-order valence-electron chi connectivity index (χ2n) is 6.93. The van der Waals surface area contributed by atoms with Gasteiger partial charge in [0.25, 0.3) is 5.91 Å². The Labute approximate surface area is 168 Å². The van der Waals surface area contributed by atoms with E-state index in [1.807, 2.05) is 0 Å². The van der Waals surface area contributed by atoms with Gasteiger partial charge >= 0.3 is 0 Å². The smallest absolute Gasteiger partial charge is 0.254 e. The van der Waals surface area contributed by atoms with Gasteiger partial charge in [-0.1, -0.05) is 12.1 Å². The second kappa shape index (κ2) is 8.56. The number of amides is 1. The number of hydrogen-bond acceptors (Lipinski definition) is 4. The van der Waals surface area contributed by atoms with Gasteiger partial charge in [0.2, 0.25) is 10.0 Å². The van der Waals surface area contributed by atoms with E-state index in [9.17, 15) is 22.0 Å². The van der Waals surface area contributed by atoms with Crippen LogP contribution in [0.2, 0.25) is 0 Å². The zero-order chi connectivity index (χ0) is 21.1. The van der Waals surface area contributed by atoms with Crippen molar-refractivity contribution in [2.24, 2.45) is 0 Å². The average molecular weight is 424 g/mol. The van der Waals surface area contributed by atoms with Gasteiger partial charge in [0, 0.05) is 25.2 Å². The minimum absolute atomic E-state index is 0.184. The van der Waals surface area contributed by atoms with Gasteiger partial charge in [-0.2, -0.15) is 0 Å². The predicted molar refractivity (Wildman–Crippen MR) is 103 cm³/mol. The first-order chi connectivity index (χ1) is 13.8. The van der Waals surface area contributed by atoms with Crippen molar-refractivity contribution in [2.45, 2.75) is 23.2 Å². The Hall–Kier alpha value is -2.36. The molecule has 29 heavy (non-hydrogen) atoms. The first-order valence-corrected chi connectivity index (χ1v) is 10.6. The van der Waals surface area contributed by atoms with Crippen LogP contribution < -0.4 is 10.0 Å². The van der Waals surface area contributed by atoms with Crippen molar-refractivity contribution in [3.63, 3.8) is 0 Å². The van der Waals surface area contributed by atoms with E-state index in [0.717, 1.165) is 23.8 Å². The summed E-state index contributed by atoms with van der Waals surface area (Å²) in [4.78, 5) is 12.4. The van der Waals surface area contributed by atoms with Crippen LogP contribution in [0.25, 0.3) is 0 Å². The molecule has 1 aliphatic rings. The summed E-state index contributed by atoms with van der Waals surface area (Å²) in [5, 5.41) is 2.72. The molecule has 3 rings (SSSR count). The fourth-order valence-electron chi connectivity index (χ4n) is 3.44. The molecule has 0 aromatic heterocycles. The van der Waals surface area contributed by atoms with E-state index < -0.39 is 27.2 Å². The Morgan fingerprint density at radius 2 is 1.76 bits per heavy atom. The van der Waals surface area contributed by atoms with Crippen molar-refractivity contribution >= 4 is 15.9 Å². The highest BCUT2D eigenvalue weighted by Crippen LogP contribution is 2.34. The van der Waals surface area contributed by atoms with Crippen molar-refractivity contribution in [2.75, 3.05) is 26.8 Å². The summed E-state index contributed by atoms with van der Waals surface area (Å²) in [5.74, 6) is -1.89. The first kappa shape index (κ1) is 21.4. The standard InChI is InChI=1S/C20H22F2N2O4S/c1-23-29(26,27)16-6-7-18(22)17(12-16)19(25)24-13-20(8-10-28-11-9-20)14-2-4-15(21)5-3-14/h2-7,12,23H,8-11,13H2,1H3,(H,24,25). The molecule has 0 spiro atoms. The van der Waals surface area contributed by atoms with Crippen LogP contribution in [0.3, 0.4) is 0 Å². The summed E-state index contributed by atoms with van der Waals surface area (Å²) >= 11 is 0. The molecule has 0 unspecified atom stereocenters. The van der Waals surface area contributed by atoms with Crippen LogP contribution in [0.1, 0.15) is 28.8 Å². The molecule has 156 valence electrons. The van der Waals surface area contributed by atoms with Gasteiger partial charge in [-0.3, -0.25) is 4.79 Å². The maximum Gasteiger partial charge on any atom is 0.254 e. The lowest BCUT2D eigenvalue weighted by Gasteiger charge is -2.38. The van der Waals surface area contributed by atoms with Crippen molar-refractivity contribution < 1.29 is 26.7 Å². The molecule has 6 nitrogen and oxygen atoms in total.